The van der Waals surface area contributed by atoms with Crippen molar-refractivity contribution in [3.8, 4) is 17.1 Å². The Morgan fingerprint density at radius 3 is 2.55 bits per heavy atom. The Morgan fingerprint density at radius 1 is 1.03 bits per heavy atom. The van der Waals surface area contributed by atoms with Gasteiger partial charge in [-0.25, -0.2) is 4.39 Å². The third-order valence-electron chi connectivity index (χ3n) is 4.12. The van der Waals surface area contributed by atoms with Gasteiger partial charge in [0.15, 0.2) is 11.0 Å². The molecule has 4 aromatic rings. The van der Waals surface area contributed by atoms with Gasteiger partial charge in [-0.05, 0) is 47.8 Å². The van der Waals surface area contributed by atoms with Gasteiger partial charge in [0, 0.05) is 16.1 Å². The highest BCUT2D eigenvalue weighted by atomic mass is 32.2. The lowest BCUT2D eigenvalue weighted by atomic mass is 10.2. The average molecular weight is 425 g/mol. The smallest absolute Gasteiger partial charge is 0.230 e. The molecular formula is C21H17FN4OS2. The normalized spacial score (nSPS) is 10.8. The van der Waals surface area contributed by atoms with Gasteiger partial charge in [0.1, 0.15) is 5.82 Å². The van der Waals surface area contributed by atoms with Crippen LogP contribution in [0.15, 0.2) is 77.3 Å². The SMILES string of the molecule is O=C(CSc1nnc(-c2ccc(F)cc2)n1-c1ccccc1)NCc1cccs1. The molecular weight excluding hydrogens is 407 g/mol. The van der Waals surface area contributed by atoms with E-state index in [1.807, 2.05) is 52.4 Å². The molecule has 2 aromatic carbocycles. The molecule has 1 N–H and O–H groups in total. The van der Waals surface area contributed by atoms with Crippen LogP contribution >= 0.6 is 23.1 Å². The van der Waals surface area contributed by atoms with Crippen LogP contribution < -0.4 is 5.32 Å². The van der Waals surface area contributed by atoms with Crippen LogP contribution in [0.5, 0.6) is 0 Å². The van der Waals surface area contributed by atoms with E-state index in [4.69, 9.17) is 0 Å². The summed E-state index contributed by atoms with van der Waals surface area (Å²) >= 11 is 2.92. The molecule has 146 valence electrons. The number of aromatic nitrogens is 3. The van der Waals surface area contributed by atoms with Gasteiger partial charge in [-0.15, -0.1) is 21.5 Å². The number of carbonyl (C=O) groups excluding carboxylic acids is 1. The molecule has 0 saturated carbocycles. The standard InChI is InChI=1S/C21H17FN4OS2/c22-16-10-8-15(9-11-16)20-24-25-21(26(20)17-5-2-1-3-6-17)29-14-19(27)23-13-18-7-4-12-28-18/h1-12H,13-14H2,(H,23,27). The highest BCUT2D eigenvalue weighted by Crippen LogP contribution is 2.28. The van der Waals surface area contributed by atoms with Gasteiger partial charge in [-0.3, -0.25) is 9.36 Å². The number of carbonyl (C=O) groups is 1. The molecule has 0 aliphatic rings. The summed E-state index contributed by atoms with van der Waals surface area (Å²) in [4.78, 5) is 13.4. The summed E-state index contributed by atoms with van der Waals surface area (Å²) in [5, 5.41) is 14.1. The van der Waals surface area contributed by atoms with E-state index < -0.39 is 0 Å². The predicted octanol–water partition coefficient (Wildman–Crippen LogP) is 4.54. The van der Waals surface area contributed by atoms with Gasteiger partial charge in [0.2, 0.25) is 5.91 Å². The Balaban J connectivity index is 1.55. The largest absolute Gasteiger partial charge is 0.350 e. The molecule has 8 heteroatoms. The fourth-order valence-electron chi connectivity index (χ4n) is 2.74. The second-order valence-electron chi connectivity index (χ2n) is 6.13. The predicted molar refractivity (Wildman–Crippen MR) is 114 cm³/mol. The summed E-state index contributed by atoms with van der Waals surface area (Å²) in [5.41, 5.74) is 1.62. The Labute approximate surface area is 175 Å². The van der Waals surface area contributed by atoms with Crippen molar-refractivity contribution in [1.82, 2.24) is 20.1 Å². The molecule has 0 radical (unpaired) electrons. The number of para-hydroxylation sites is 1. The van der Waals surface area contributed by atoms with Crippen molar-refractivity contribution in [1.29, 1.82) is 0 Å². The Morgan fingerprint density at radius 2 is 1.83 bits per heavy atom. The van der Waals surface area contributed by atoms with Gasteiger partial charge in [0.25, 0.3) is 0 Å². The topological polar surface area (TPSA) is 59.8 Å². The number of amides is 1. The van der Waals surface area contributed by atoms with Crippen LogP contribution in [0.4, 0.5) is 4.39 Å². The molecule has 1 amide bonds. The number of thiophene rings is 1. The number of hydrogen-bond donors (Lipinski definition) is 1. The second-order valence-corrected chi connectivity index (χ2v) is 8.10. The van der Waals surface area contributed by atoms with Crippen LogP contribution in [-0.4, -0.2) is 26.4 Å². The van der Waals surface area contributed by atoms with Gasteiger partial charge in [-0.2, -0.15) is 0 Å². The lowest BCUT2D eigenvalue weighted by Crippen LogP contribution is -2.24. The third-order valence-corrected chi connectivity index (χ3v) is 5.93. The Kier molecular flexibility index (Phi) is 6.02. The number of benzene rings is 2. The van der Waals surface area contributed by atoms with Gasteiger partial charge in [-0.1, -0.05) is 36.0 Å². The summed E-state index contributed by atoms with van der Waals surface area (Å²) < 4.78 is 15.2. The molecule has 0 saturated heterocycles. The minimum absolute atomic E-state index is 0.0747. The summed E-state index contributed by atoms with van der Waals surface area (Å²) in [5.74, 6) is 0.434. The van der Waals surface area contributed by atoms with Crippen LogP contribution in [0, 0.1) is 5.82 Å². The maximum atomic E-state index is 13.3. The number of thioether (sulfide) groups is 1. The Hall–Kier alpha value is -2.97. The molecule has 4 rings (SSSR count). The van der Waals surface area contributed by atoms with Crippen molar-refractivity contribution in [3.05, 3.63) is 82.8 Å². The van der Waals surface area contributed by atoms with E-state index in [1.54, 1.807) is 23.5 Å². The van der Waals surface area contributed by atoms with Crippen LogP contribution in [-0.2, 0) is 11.3 Å². The van der Waals surface area contributed by atoms with Gasteiger partial charge < -0.3 is 5.32 Å². The van der Waals surface area contributed by atoms with Crippen molar-refractivity contribution >= 4 is 29.0 Å². The minimum Gasteiger partial charge on any atom is -0.350 e. The highest BCUT2D eigenvalue weighted by Gasteiger charge is 2.17. The molecule has 2 heterocycles. The van der Waals surface area contributed by atoms with E-state index in [0.29, 0.717) is 17.5 Å². The van der Waals surface area contributed by atoms with E-state index in [0.717, 1.165) is 16.1 Å². The zero-order valence-corrected chi connectivity index (χ0v) is 16.9. The molecule has 0 unspecified atom stereocenters. The first kappa shape index (κ1) is 19.4. The zero-order valence-electron chi connectivity index (χ0n) is 15.3. The fourth-order valence-corrected chi connectivity index (χ4v) is 4.17. The number of hydrogen-bond acceptors (Lipinski definition) is 5. The highest BCUT2D eigenvalue weighted by molar-refractivity contribution is 7.99. The number of halogens is 1. The molecule has 5 nitrogen and oxygen atoms in total. The van der Waals surface area contributed by atoms with Crippen LogP contribution in [0.1, 0.15) is 4.88 Å². The van der Waals surface area contributed by atoms with E-state index in [1.165, 1.54) is 23.9 Å². The molecule has 0 atom stereocenters. The van der Waals surface area contributed by atoms with Crippen LogP contribution in [0.2, 0.25) is 0 Å². The van der Waals surface area contributed by atoms with Crippen molar-refractivity contribution in [2.45, 2.75) is 11.7 Å². The number of nitrogens with one attached hydrogen (secondary N) is 1. The second kappa shape index (κ2) is 9.02. The lowest BCUT2D eigenvalue weighted by molar-refractivity contribution is -0.118. The van der Waals surface area contributed by atoms with Crippen molar-refractivity contribution in [3.63, 3.8) is 0 Å². The monoisotopic (exact) mass is 424 g/mol. The zero-order chi connectivity index (χ0) is 20.1. The van der Waals surface area contributed by atoms with Gasteiger partial charge >= 0.3 is 0 Å². The third kappa shape index (κ3) is 4.72. The summed E-state index contributed by atoms with van der Waals surface area (Å²) in [6.07, 6.45) is 0. The van der Waals surface area contributed by atoms with E-state index >= 15 is 0 Å². The summed E-state index contributed by atoms with van der Waals surface area (Å²) in [6, 6.07) is 19.7. The molecule has 29 heavy (non-hydrogen) atoms. The van der Waals surface area contributed by atoms with E-state index in [-0.39, 0.29) is 17.5 Å². The maximum Gasteiger partial charge on any atom is 0.230 e. The molecule has 0 bridgehead atoms. The first-order valence-corrected chi connectivity index (χ1v) is 10.8. The van der Waals surface area contributed by atoms with Crippen molar-refractivity contribution < 1.29 is 9.18 Å². The van der Waals surface area contributed by atoms with Crippen molar-refractivity contribution in [2.75, 3.05) is 5.75 Å². The van der Waals surface area contributed by atoms with E-state index in [9.17, 15) is 9.18 Å². The first-order valence-electron chi connectivity index (χ1n) is 8.89. The summed E-state index contributed by atoms with van der Waals surface area (Å²) in [7, 11) is 0. The van der Waals surface area contributed by atoms with Crippen LogP contribution in [0.25, 0.3) is 17.1 Å². The van der Waals surface area contributed by atoms with Crippen molar-refractivity contribution in [2.24, 2.45) is 0 Å². The molecule has 0 aliphatic heterocycles. The summed E-state index contributed by atoms with van der Waals surface area (Å²) in [6.45, 7) is 0.517. The molecule has 0 spiro atoms. The minimum atomic E-state index is -0.309. The quantitative estimate of drug-likeness (QED) is 0.443. The lowest BCUT2D eigenvalue weighted by Gasteiger charge is -2.10. The fraction of sp³-hybridized carbons (Fsp3) is 0.0952. The molecule has 0 fully saturated rings. The first-order chi connectivity index (χ1) is 14.2. The van der Waals surface area contributed by atoms with Crippen LogP contribution in [0.3, 0.4) is 0 Å². The average Bonchev–Trinajstić information content (AvgIpc) is 3.42. The Bertz CT molecular complexity index is 1080. The molecule has 0 aliphatic carbocycles. The maximum absolute atomic E-state index is 13.3. The number of nitrogens with zero attached hydrogens (tertiary/aromatic N) is 3. The van der Waals surface area contributed by atoms with Gasteiger partial charge in [0.05, 0.1) is 12.3 Å². The molecule has 2 aromatic heterocycles. The number of rotatable bonds is 7. The van der Waals surface area contributed by atoms with E-state index in [2.05, 4.69) is 15.5 Å².